The maximum atomic E-state index is 12.1. The lowest BCUT2D eigenvalue weighted by Crippen LogP contribution is -2.42. The molecule has 26 heavy (non-hydrogen) atoms. The minimum atomic E-state index is -0.480. The molecule has 2 N–H and O–H groups in total. The molecule has 0 saturated heterocycles. The van der Waals surface area contributed by atoms with Crippen LogP contribution in [-0.2, 0) is 17.6 Å². The smallest absolute Gasteiger partial charge is 0.288 e. The van der Waals surface area contributed by atoms with Gasteiger partial charge < -0.3 is 4.52 Å². The van der Waals surface area contributed by atoms with Gasteiger partial charge in [0.2, 0.25) is 11.8 Å². The summed E-state index contributed by atoms with van der Waals surface area (Å²) in [5.41, 5.74) is 5.66. The van der Waals surface area contributed by atoms with Crippen LogP contribution in [0.1, 0.15) is 42.0 Å². The van der Waals surface area contributed by atoms with Crippen LogP contribution in [0.5, 0.6) is 0 Å². The summed E-state index contributed by atoms with van der Waals surface area (Å²) in [6.45, 7) is 2.02. The van der Waals surface area contributed by atoms with E-state index in [4.69, 9.17) is 4.52 Å². The minimum Gasteiger partial charge on any atom is -0.339 e. The second-order valence-corrected chi connectivity index (χ2v) is 5.75. The number of fused-ring (bicyclic) bond motifs is 1. The average molecular weight is 353 g/mol. The van der Waals surface area contributed by atoms with Crippen LogP contribution >= 0.6 is 0 Å². The Hall–Kier alpha value is -3.29. The number of aromatic nitrogens is 3. The highest BCUT2D eigenvalue weighted by Gasteiger charge is 2.11. The first kappa shape index (κ1) is 17.5. The van der Waals surface area contributed by atoms with E-state index in [1.165, 1.54) is 0 Å². The highest BCUT2D eigenvalue weighted by molar-refractivity contribution is 5.95. The zero-order valence-electron chi connectivity index (χ0n) is 14.4. The van der Waals surface area contributed by atoms with Crippen LogP contribution in [0.15, 0.2) is 40.9 Å². The molecule has 0 spiro atoms. The van der Waals surface area contributed by atoms with Gasteiger partial charge in [-0.05, 0) is 18.6 Å². The molecule has 0 atom stereocenters. The molecular weight excluding hydrogens is 334 g/mol. The van der Waals surface area contributed by atoms with E-state index in [-0.39, 0.29) is 18.0 Å². The molecule has 0 aliphatic carbocycles. The Kier molecular flexibility index (Phi) is 5.52. The van der Waals surface area contributed by atoms with Gasteiger partial charge in [-0.25, -0.2) is 4.98 Å². The normalized spacial score (nSPS) is 10.7. The van der Waals surface area contributed by atoms with Gasteiger partial charge in [0.05, 0.1) is 5.52 Å². The maximum absolute atomic E-state index is 12.1. The summed E-state index contributed by atoms with van der Waals surface area (Å²) in [7, 11) is 0. The third-order valence-corrected chi connectivity index (χ3v) is 3.70. The molecule has 1 aromatic carbocycles. The van der Waals surface area contributed by atoms with E-state index in [2.05, 4.69) is 26.0 Å². The van der Waals surface area contributed by atoms with Gasteiger partial charge in [-0.2, -0.15) is 4.98 Å². The molecule has 134 valence electrons. The predicted octanol–water partition coefficient (Wildman–Crippen LogP) is 1.96. The minimum absolute atomic E-state index is 0.124. The number of hydrogen-bond acceptors (Lipinski definition) is 6. The Morgan fingerprint density at radius 2 is 1.88 bits per heavy atom. The van der Waals surface area contributed by atoms with Gasteiger partial charge in [0.1, 0.15) is 5.69 Å². The summed E-state index contributed by atoms with van der Waals surface area (Å²) in [6, 6.07) is 10.9. The van der Waals surface area contributed by atoms with Gasteiger partial charge in [0.25, 0.3) is 5.91 Å². The van der Waals surface area contributed by atoms with Gasteiger partial charge in [-0.15, -0.1) is 0 Å². The van der Waals surface area contributed by atoms with Crippen LogP contribution in [0.3, 0.4) is 0 Å². The van der Waals surface area contributed by atoms with Crippen molar-refractivity contribution in [2.24, 2.45) is 0 Å². The van der Waals surface area contributed by atoms with Crippen molar-refractivity contribution in [3.8, 4) is 0 Å². The van der Waals surface area contributed by atoms with E-state index in [1.807, 2.05) is 37.3 Å². The molecular formula is C18H19N5O3. The fourth-order valence-electron chi connectivity index (χ4n) is 2.38. The SMILES string of the molecule is CCCc1noc(CCC(=O)NNC(=O)c2ccc3ccccc3n2)n1. The van der Waals surface area contributed by atoms with Crippen LogP contribution in [0, 0.1) is 0 Å². The first-order valence-electron chi connectivity index (χ1n) is 8.42. The zero-order chi connectivity index (χ0) is 18.4. The first-order valence-corrected chi connectivity index (χ1v) is 8.42. The van der Waals surface area contributed by atoms with Crippen molar-refractivity contribution < 1.29 is 14.1 Å². The Morgan fingerprint density at radius 3 is 2.73 bits per heavy atom. The first-order chi connectivity index (χ1) is 12.7. The number of amides is 2. The monoisotopic (exact) mass is 353 g/mol. The molecule has 0 radical (unpaired) electrons. The number of benzene rings is 1. The summed E-state index contributed by atoms with van der Waals surface area (Å²) >= 11 is 0. The molecule has 0 saturated carbocycles. The Labute approximate surface area is 150 Å². The largest absolute Gasteiger partial charge is 0.339 e. The molecule has 0 aliphatic rings. The number of para-hydroxylation sites is 1. The van der Waals surface area contributed by atoms with Crippen LogP contribution in [0.25, 0.3) is 10.9 Å². The summed E-state index contributed by atoms with van der Waals surface area (Å²) in [6.07, 6.45) is 2.10. The van der Waals surface area contributed by atoms with Crippen LogP contribution in [0.2, 0.25) is 0 Å². The van der Waals surface area contributed by atoms with Crippen molar-refractivity contribution in [2.75, 3.05) is 0 Å². The molecule has 8 nitrogen and oxygen atoms in total. The number of carbonyl (C=O) groups excluding carboxylic acids is 2. The fourth-order valence-corrected chi connectivity index (χ4v) is 2.38. The van der Waals surface area contributed by atoms with Crippen LogP contribution in [-0.4, -0.2) is 26.9 Å². The van der Waals surface area contributed by atoms with Crippen LogP contribution < -0.4 is 10.9 Å². The number of carbonyl (C=O) groups is 2. The lowest BCUT2D eigenvalue weighted by molar-refractivity contribution is -0.121. The van der Waals surface area contributed by atoms with Gasteiger partial charge in [-0.1, -0.05) is 36.3 Å². The van der Waals surface area contributed by atoms with Gasteiger partial charge >= 0.3 is 0 Å². The molecule has 0 unspecified atom stereocenters. The van der Waals surface area contributed by atoms with Crippen molar-refractivity contribution in [3.63, 3.8) is 0 Å². The molecule has 3 rings (SSSR count). The zero-order valence-corrected chi connectivity index (χ0v) is 14.4. The average Bonchev–Trinajstić information content (AvgIpc) is 3.12. The molecule has 0 bridgehead atoms. The molecule has 2 heterocycles. The second-order valence-electron chi connectivity index (χ2n) is 5.75. The van der Waals surface area contributed by atoms with Gasteiger partial charge in [0, 0.05) is 24.6 Å². The van der Waals surface area contributed by atoms with Crippen molar-refractivity contribution >= 4 is 22.7 Å². The number of rotatable bonds is 6. The fraction of sp³-hybridized carbons (Fsp3) is 0.278. The quantitative estimate of drug-likeness (QED) is 0.656. The highest BCUT2D eigenvalue weighted by Crippen LogP contribution is 2.11. The summed E-state index contributed by atoms with van der Waals surface area (Å²) in [4.78, 5) is 32.4. The lowest BCUT2D eigenvalue weighted by Gasteiger charge is -2.07. The standard InChI is InChI=1S/C18H19N5O3/c1-2-5-15-20-17(26-23-15)11-10-16(24)21-22-18(25)14-9-8-12-6-3-4-7-13(12)19-14/h3-4,6-9H,2,5,10-11H2,1H3,(H,21,24)(H,22,25). The maximum Gasteiger partial charge on any atom is 0.288 e. The number of nitrogens with zero attached hydrogens (tertiary/aromatic N) is 3. The molecule has 0 aliphatic heterocycles. The van der Waals surface area contributed by atoms with E-state index in [9.17, 15) is 9.59 Å². The molecule has 3 aromatic rings. The number of hydrogen-bond donors (Lipinski definition) is 2. The Morgan fingerprint density at radius 1 is 1.04 bits per heavy atom. The molecule has 2 aromatic heterocycles. The van der Waals surface area contributed by atoms with E-state index >= 15 is 0 Å². The Bertz CT molecular complexity index is 922. The van der Waals surface area contributed by atoms with Crippen LogP contribution in [0.4, 0.5) is 0 Å². The number of nitrogens with one attached hydrogen (secondary N) is 2. The van der Waals surface area contributed by atoms with E-state index in [0.29, 0.717) is 23.7 Å². The van der Waals surface area contributed by atoms with Crippen molar-refractivity contribution in [3.05, 3.63) is 53.8 Å². The van der Waals surface area contributed by atoms with E-state index < -0.39 is 5.91 Å². The summed E-state index contributed by atoms with van der Waals surface area (Å²) < 4.78 is 5.06. The van der Waals surface area contributed by atoms with E-state index in [1.54, 1.807) is 6.07 Å². The third kappa shape index (κ3) is 4.41. The van der Waals surface area contributed by atoms with E-state index in [0.717, 1.165) is 18.2 Å². The van der Waals surface area contributed by atoms with Gasteiger partial charge in [-0.3, -0.25) is 20.4 Å². The molecule has 0 fully saturated rings. The Balaban J connectivity index is 1.49. The van der Waals surface area contributed by atoms with Crippen molar-refractivity contribution in [1.82, 2.24) is 26.0 Å². The summed E-state index contributed by atoms with van der Waals surface area (Å²) in [5.74, 6) is 0.214. The topological polar surface area (TPSA) is 110 Å². The predicted molar refractivity (Wildman–Crippen MR) is 94.0 cm³/mol. The molecule has 8 heteroatoms. The number of pyridine rings is 1. The van der Waals surface area contributed by atoms with Crippen molar-refractivity contribution in [2.45, 2.75) is 32.6 Å². The molecule has 2 amide bonds. The number of aryl methyl sites for hydroxylation is 2. The lowest BCUT2D eigenvalue weighted by atomic mass is 10.2. The van der Waals surface area contributed by atoms with Gasteiger partial charge in [0.15, 0.2) is 5.82 Å². The van der Waals surface area contributed by atoms with Crippen molar-refractivity contribution in [1.29, 1.82) is 0 Å². The number of hydrazine groups is 1. The second kappa shape index (κ2) is 8.19. The third-order valence-electron chi connectivity index (χ3n) is 3.70. The highest BCUT2D eigenvalue weighted by atomic mass is 16.5. The summed E-state index contributed by atoms with van der Waals surface area (Å²) in [5, 5.41) is 4.77.